The molecule has 0 heterocycles. The Bertz CT molecular complexity index is 538. The van der Waals surface area contributed by atoms with Crippen molar-refractivity contribution in [1.82, 2.24) is 4.90 Å². The van der Waals surface area contributed by atoms with E-state index in [1.165, 1.54) is 6.07 Å². The number of nitrogens with one attached hydrogen (secondary N) is 1. The molecule has 1 aromatic rings. The Morgan fingerprint density at radius 1 is 1.55 bits per heavy atom. The molecular weight excluding hydrogens is 278 g/mol. The zero-order valence-electron chi connectivity index (χ0n) is 11.8. The summed E-state index contributed by atoms with van der Waals surface area (Å²) in [6.45, 7) is 3.79. The van der Waals surface area contributed by atoms with Gasteiger partial charge in [0, 0.05) is 11.2 Å². The number of halogens is 1. The first-order chi connectivity index (χ1) is 9.30. The van der Waals surface area contributed by atoms with Crippen molar-refractivity contribution in [3.63, 3.8) is 0 Å². The van der Waals surface area contributed by atoms with E-state index in [0.717, 1.165) is 0 Å². The van der Waals surface area contributed by atoms with Gasteiger partial charge in [0.05, 0.1) is 23.7 Å². The van der Waals surface area contributed by atoms with Crippen LogP contribution in [0.1, 0.15) is 19.4 Å². The van der Waals surface area contributed by atoms with E-state index in [2.05, 4.69) is 5.32 Å². The standard InChI is InChI=1S/C14H18ClN3O2/c1-14(2,9-19)18(3)8-13(20)17-11-5-4-10(7-16)12(15)6-11/h4-6,19H,8-9H2,1-3H3,(H,17,20). The van der Waals surface area contributed by atoms with Crippen LogP contribution in [0.4, 0.5) is 5.69 Å². The number of carbonyl (C=O) groups excluding carboxylic acids is 1. The minimum atomic E-state index is -0.473. The molecule has 0 aliphatic rings. The lowest BCUT2D eigenvalue weighted by Crippen LogP contribution is -2.47. The minimum absolute atomic E-state index is 0.0422. The van der Waals surface area contributed by atoms with Crippen LogP contribution in [0.2, 0.25) is 5.02 Å². The maximum absolute atomic E-state index is 11.9. The minimum Gasteiger partial charge on any atom is -0.394 e. The number of rotatable bonds is 5. The van der Waals surface area contributed by atoms with Gasteiger partial charge >= 0.3 is 0 Å². The average molecular weight is 296 g/mol. The van der Waals surface area contributed by atoms with Crippen LogP contribution in [-0.4, -0.2) is 41.7 Å². The molecule has 108 valence electrons. The molecule has 6 heteroatoms. The highest BCUT2D eigenvalue weighted by molar-refractivity contribution is 6.32. The Morgan fingerprint density at radius 3 is 2.70 bits per heavy atom. The molecule has 2 N–H and O–H groups in total. The lowest BCUT2D eigenvalue weighted by molar-refractivity contribution is -0.118. The molecule has 5 nitrogen and oxygen atoms in total. The van der Waals surface area contributed by atoms with Crippen molar-refractivity contribution in [3.05, 3.63) is 28.8 Å². The second-order valence-corrected chi connectivity index (χ2v) is 5.59. The summed E-state index contributed by atoms with van der Waals surface area (Å²) in [7, 11) is 1.77. The van der Waals surface area contributed by atoms with Crippen molar-refractivity contribution in [1.29, 1.82) is 5.26 Å². The van der Waals surface area contributed by atoms with Gasteiger partial charge in [0.15, 0.2) is 0 Å². The highest BCUT2D eigenvalue weighted by Crippen LogP contribution is 2.20. The third-order valence-corrected chi connectivity index (χ3v) is 3.49. The van der Waals surface area contributed by atoms with Gasteiger partial charge in [-0.1, -0.05) is 11.6 Å². The molecule has 0 aliphatic carbocycles. The third kappa shape index (κ3) is 4.20. The summed E-state index contributed by atoms with van der Waals surface area (Å²) in [6.07, 6.45) is 0. The van der Waals surface area contributed by atoms with Crippen LogP contribution in [0.25, 0.3) is 0 Å². The summed E-state index contributed by atoms with van der Waals surface area (Å²) >= 11 is 5.90. The number of carbonyl (C=O) groups is 1. The number of anilines is 1. The van der Waals surface area contributed by atoms with Gasteiger partial charge in [-0.2, -0.15) is 5.26 Å². The van der Waals surface area contributed by atoms with Crippen LogP contribution in [-0.2, 0) is 4.79 Å². The molecule has 0 spiro atoms. The predicted molar refractivity (Wildman–Crippen MR) is 78.6 cm³/mol. The number of nitrogens with zero attached hydrogens (tertiary/aromatic N) is 2. The van der Waals surface area contributed by atoms with E-state index < -0.39 is 5.54 Å². The molecule has 1 amide bonds. The van der Waals surface area contributed by atoms with Crippen molar-refractivity contribution in [2.75, 3.05) is 25.5 Å². The number of likely N-dealkylation sites (N-methyl/N-ethyl adjacent to an activating group) is 1. The second kappa shape index (κ2) is 6.71. The number of aliphatic hydroxyl groups excluding tert-OH is 1. The Morgan fingerprint density at radius 2 is 2.20 bits per heavy atom. The van der Waals surface area contributed by atoms with Gasteiger partial charge in [0.2, 0.25) is 5.91 Å². The summed E-state index contributed by atoms with van der Waals surface area (Å²) in [6, 6.07) is 6.67. The molecule has 0 saturated carbocycles. The lowest BCUT2D eigenvalue weighted by Gasteiger charge is -2.33. The van der Waals surface area contributed by atoms with E-state index in [4.69, 9.17) is 16.9 Å². The normalized spacial score (nSPS) is 11.2. The predicted octanol–water partition coefficient (Wildman–Crippen LogP) is 1.85. The number of benzene rings is 1. The Balaban J connectivity index is 2.68. The van der Waals surface area contributed by atoms with Crippen molar-refractivity contribution in [3.8, 4) is 6.07 Å². The summed E-state index contributed by atoms with van der Waals surface area (Å²) in [4.78, 5) is 13.7. The first-order valence-corrected chi connectivity index (χ1v) is 6.49. The number of amides is 1. The fourth-order valence-electron chi connectivity index (χ4n) is 1.43. The van der Waals surface area contributed by atoms with Crippen LogP contribution in [0, 0.1) is 11.3 Å². The Hall–Kier alpha value is -1.61. The largest absolute Gasteiger partial charge is 0.394 e. The van der Waals surface area contributed by atoms with Crippen molar-refractivity contribution in [2.45, 2.75) is 19.4 Å². The van der Waals surface area contributed by atoms with Crippen molar-refractivity contribution < 1.29 is 9.90 Å². The molecule has 0 atom stereocenters. The fourth-order valence-corrected chi connectivity index (χ4v) is 1.66. The summed E-state index contributed by atoms with van der Waals surface area (Å²) in [5, 5.41) is 21.0. The first-order valence-electron chi connectivity index (χ1n) is 6.12. The molecule has 20 heavy (non-hydrogen) atoms. The van der Waals surface area contributed by atoms with E-state index >= 15 is 0 Å². The van der Waals surface area contributed by atoms with Gasteiger partial charge in [-0.3, -0.25) is 9.69 Å². The monoisotopic (exact) mass is 295 g/mol. The Labute approximate surface area is 123 Å². The van der Waals surface area contributed by atoms with E-state index in [9.17, 15) is 9.90 Å². The van der Waals surface area contributed by atoms with E-state index in [0.29, 0.717) is 16.3 Å². The number of hydrogen-bond donors (Lipinski definition) is 2. The van der Waals surface area contributed by atoms with Gasteiger partial charge < -0.3 is 10.4 Å². The molecular formula is C14H18ClN3O2. The van der Waals surface area contributed by atoms with Crippen molar-refractivity contribution >= 4 is 23.2 Å². The van der Waals surface area contributed by atoms with Gasteiger partial charge in [-0.25, -0.2) is 0 Å². The molecule has 0 aromatic heterocycles. The maximum Gasteiger partial charge on any atom is 0.238 e. The molecule has 1 rings (SSSR count). The Kier molecular flexibility index (Phi) is 5.52. The van der Waals surface area contributed by atoms with Crippen LogP contribution < -0.4 is 5.32 Å². The molecule has 0 fully saturated rings. The van der Waals surface area contributed by atoms with Crippen molar-refractivity contribution in [2.24, 2.45) is 0 Å². The fraction of sp³-hybridized carbons (Fsp3) is 0.429. The third-order valence-electron chi connectivity index (χ3n) is 3.17. The van der Waals surface area contributed by atoms with E-state index in [1.54, 1.807) is 24.1 Å². The number of aliphatic hydroxyl groups is 1. The maximum atomic E-state index is 11.9. The molecule has 0 saturated heterocycles. The molecule has 0 radical (unpaired) electrons. The van der Waals surface area contributed by atoms with Crippen LogP contribution in [0.15, 0.2) is 18.2 Å². The molecule has 1 aromatic carbocycles. The molecule has 0 bridgehead atoms. The van der Waals surface area contributed by atoms with Gasteiger partial charge in [-0.15, -0.1) is 0 Å². The number of nitriles is 1. The van der Waals surface area contributed by atoms with Crippen LogP contribution in [0.5, 0.6) is 0 Å². The SMILES string of the molecule is CN(CC(=O)Nc1ccc(C#N)c(Cl)c1)C(C)(C)CO. The lowest BCUT2D eigenvalue weighted by atomic mass is 10.1. The smallest absolute Gasteiger partial charge is 0.238 e. The zero-order valence-corrected chi connectivity index (χ0v) is 12.5. The highest BCUT2D eigenvalue weighted by atomic mass is 35.5. The van der Waals surface area contributed by atoms with Crippen LogP contribution >= 0.6 is 11.6 Å². The summed E-state index contributed by atoms with van der Waals surface area (Å²) in [5.41, 5.74) is 0.428. The van der Waals surface area contributed by atoms with Gasteiger partial charge in [-0.05, 0) is 39.1 Å². The topological polar surface area (TPSA) is 76.4 Å². The van der Waals surface area contributed by atoms with E-state index in [1.807, 2.05) is 19.9 Å². The quantitative estimate of drug-likeness (QED) is 0.869. The van der Waals surface area contributed by atoms with E-state index in [-0.39, 0.29) is 19.1 Å². The van der Waals surface area contributed by atoms with Crippen LogP contribution in [0.3, 0.4) is 0 Å². The zero-order chi connectivity index (χ0) is 15.3. The van der Waals surface area contributed by atoms with Gasteiger partial charge in [0.25, 0.3) is 0 Å². The highest BCUT2D eigenvalue weighted by Gasteiger charge is 2.24. The summed E-state index contributed by atoms with van der Waals surface area (Å²) < 4.78 is 0. The summed E-state index contributed by atoms with van der Waals surface area (Å²) in [5.74, 6) is -0.213. The van der Waals surface area contributed by atoms with Gasteiger partial charge in [0.1, 0.15) is 6.07 Å². The number of hydrogen-bond acceptors (Lipinski definition) is 4. The first kappa shape index (κ1) is 16.4. The molecule has 0 unspecified atom stereocenters. The second-order valence-electron chi connectivity index (χ2n) is 5.18. The average Bonchev–Trinajstić information content (AvgIpc) is 2.38. The molecule has 0 aliphatic heterocycles.